The summed E-state index contributed by atoms with van der Waals surface area (Å²) in [6, 6.07) is 1.47. The average molecular weight is 210 g/mol. The summed E-state index contributed by atoms with van der Waals surface area (Å²) in [4.78, 5) is 26.2. The fourth-order valence-corrected chi connectivity index (χ4v) is 1.18. The number of carbonyl (C=O) groups excluding carboxylic acids is 1. The molecule has 0 saturated carbocycles. The van der Waals surface area contributed by atoms with Crippen LogP contribution in [0.5, 0.6) is 0 Å². The Bertz CT molecular complexity index is 398. The van der Waals surface area contributed by atoms with Crippen molar-refractivity contribution in [2.45, 2.75) is 26.3 Å². The standard InChI is InChI=1S/C10H14N2O3/c1-8-6-9(13)12(7-11-8)5-3-4-10(14)15-2/h6-7H,3-5H2,1-2H3. The van der Waals surface area contributed by atoms with Crippen LogP contribution in [0.2, 0.25) is 0 Å². The number of ether oxygens (including phenoxy) is 1. The second-order valence-corrected chi connectivity index (χ2v) is 3.24. The quantitative estimate of drug-likeness (QED) is 0.679. The van der Waals surface area contributed by atoms with Gasteiger partial charge in [-0.25, -0.2) is 4.98 Å². The third-order valence-electron chi connectivity index (χ3n) is 2.02. The van der Waals surface area contributed by atoms with Gasteiger partial charge in [0.25, 0.3) is 5.56 Å². The lowest BCUT2D eigenvalue weighted by molar-refractivity contribution is -0.140. The molecule has 0 aromatic carbocycles. The van der Waals surface area contributed by atoms with E-state index in [1.54, 1.807) is 6.92 Å². The van der Waals surface area contributed by atoms with E-state index in [0.717, 1.165) is 0 Å². The summed E-state index contributed by atoms with van der Waals surface area (Å²) in [5, 5.41) is 0. The molecule has 0 amide bonds. The van der Waals surface area contributed by atoms with E-state index >= 15 is 0 Å². The first kappa shape index (κ1) is 11.4. The Kier molecular flexibility index (Phi) is 4.03. The largest absolute Gasteiger partial charge is 0.469 e. The molecule has 15 heavy (non-hydrogen) atoms. The molecular formula is C10H14N2O3. The molecule has 82 valence electrons. The lowest BCUT2D eigenvalue weighted by Crippen LogP contribution is -2.20. The number of hydrogen-bond acceptors (Lipinski definition) is 4. The van der Waals surface area contributed by atoms with Gasteiger partial charge in [0.15, 0.2) is 0 Å². The maximum absolute atomic E-state index is 11.4. The molecule has 0 unspecified atom stereocenters. The van der Waals surface area contributed by atoms with Crippen molar-refractivity contribution in [3.63, 3.8) is 0 Å². The van der Waals surface area contributed by atoms with Gasteiger partial charge < -0.3 is 4.74 Å². The first-order valence-electron chi connectivity index (χ1n) is 4.73. The molecule has 0 aliphatic carbocycles. The Hall–Kier alpha value is -1.65. The number of aryl methyl sites for hydroxylation is 2. The van der Waals surface area contributed by atoms with Crippen LogP contribution in [0.4, 0.5) is 0 Å². The Morgan fingerprint density at radius 1 is 1.60 bits per heavy atom. The molecule has 1 aromatic heterocycles. The molecule has 0 aliphatic rings. The molecule has 0 saturated heterocycles. The lowest BCUT2D eigenvalue weighted by Gasteiger charge is -2.04. The van der Waals surface area contributed by atoms with Crippen molar-refractivity contribution >= 4 is 5.97 Å². The molecule has 1 heterocycles. The van der Waals surface area contributed by atoms with E-state index in [0.29, 0.717) is 25.1 Å². The van der Waals surface area contributed by atoms with Crippen LogP contribution in [-0.2, 0) is 16.1 Å². The summed E-state index contributed by atoms with van der Waals surface area (Å²) in [5.41, 5.74) is 0.608. The minimum Gasteiger partial charge on any atom is -0.469 e. The minimum atomic E-state index is -0.261. The van der Waals surface area contributed by atoms with Gasteiger partial charge in [0.1, 0.15) is 0 Å². The Balaban J connectivity index is 2.51. The number of carbonyl (C=O) groups is 1. The average Bonchev–Trinajstić information content (AvgIpc) is 2.21. The second-order valence-electron chi connectivity index (χ2n) is 3.24. The van der Waals surface area contributed by atoms with Gasteiger partial charge >= 0.3 is 5.97 Å². The zero-order valence-corrected chi connectivity index (χ0v) is 8.90. The highest BCUT2D eigenvalue weighted by Gasteiger charge is 2.01. The normalized spacial score (nSPS) is 10.0. The summed E-state index contributed by atoms with van der Waals surface area (Å²) in [5.74, 6) is -0.261. The van der Waals surface area contributed by atoms with Crippen LogP contribution in [0.1, 0.15) is 18.5 Å². The minimum absolute atomic E-state index is 0.0904. The van der Waals surface area contributed by atoms with Gasteiger partial charge in [-0.15, -0.1) is 0 Å². The van der Waals surface area contributed by atoms with Crippen molar-refractivity contribution in [3.05, 3.63) is 28.4 Å². The van der Waals surface area contributed by atoms with Gasteiger partial charge in [0, 0.05) is 24.7 Å². The highest BCUT2D eigenvalue weighted by molar-refractivity contribution is 5.68. The third-order valence-corrected chi connectivity index (χ3v) is 2.02. The van der Waals surface area contributed by atoms with Gasteiger partial charge in [-0.1, -0.05) is 0 Å². The van der Waals surface area contributed by atoms with Crippen molar-refractivity contribution in [2.75, 3.05) is 7.11 Å². The summed E-state index contributed by atoms with van der Waals surface area (Å²) in [6.45, 7) is 2.25. The third kappa shape index (κ3) is 3.53. The smallest absolute Gasteiger partial charge is 0.305 e. The van der Waals surface area contributed by atoms with E-state index in [9.17, 15) is 9.59 Å². The van der Waals surface area contributed by atoms with Crippen molar-refractivity contribution in [1.29, 1.82) is 0 Å². The molecule has 0 aliphatic heterocycles. The number of nitrogens with zero attached hydrogens (tertiary/aromatic N) is 2. The first-order chi connectivity index (χ1) is 7.13. The first-order valence-corrected chi connectivity index (χ1v) is 4.73. The number of rotatable bonds is 4. The van der Waals surface area contributed by atoms with Crippen molar-refractivity contribution in [1.82, 2.24) is 9.55 Å². The van der Waals surface area contributed by atoms with Gasteiger partial charge in [-0.3, -0.25) is 14.2 Å². The number of methoxy groups -OCH3 is 1. The lowest BCUT2D eigenvalue weighted by atomic mass is 10.3. The van der Waals surface area contributed by atoms with Crippen LogP contribution in [0, 0.1) is 6.92 Å². The molecule has 1 aromatic rings. The summed E-state index contributed by atoms with van der Waals surface area (Å²) in [6.07, 6.45) is 2.39. The van der Waals surface area contributed by atoms with Gasteiger partial charge in [0.2, 0.25) is 0 Å². The van der Waals surface area contributed by atoms with Crippen LogP contribution in [-0.4, -0.2) is 22.6 Å². The second kappa shape index (κ2) is 5.29. The van der Waals surface area contributed by atoms with E-state index in [1.165, 1.54) is 24.1 Å². The molecule has 0 bridgehead atoms. The molecule has 5 heteroatoms. The molecule has 5 nitrogen and oxygen atoms in total. The number of hydrogen-bond donors (Lipinski definition) is 0. The molecule has 0 spiro atoms. The maximum Gasteiger partial charge on any atom is 0.305 e. The number of aromatic nitrogens is 2. The van der Waals surface area contributed by atoms with E-state index in [1.807, 2.05) is 0 Å². The Morgan fingerprint density at radius 3 is 2.93 bits per heavy atom. The van der Waals surface area contributed by atoms with Gasteiger partial charge in [-0.05, 0) is 13.3 Å². The zero-order valence-electron chi connectivity index (χ0n) is 8.90. The highest BCUT2D eigenvalue weighted by Crippen LogP contribution is 1.94. The maximum atomic E-state index is 11.4. The van der Waals surface area contributed by atoms with E-state index in [2.05, 4.69) is 9.72 Å². The topological polar surface area (TPSA) is 61.2 Å². The predicted octanol–water partition coefficient (Wildman–Crippen LogP) is 0.505. The fraction of sp³-hybridized carbons (Fsp3) is 0.500. The zero-order chi connectivity index (χ0) is 11.3. The van der Waals surface area contributed by atoms with E-state index in [-0.39, 0.29) is 11.5 Å². The molecule has 0 atom stereocenters. The Labute approximate surface area is 87.7 Å². The molecular weight excluding hydrogens is 196 g/mol. The van der Waals surface area contributed by atoms with Crippen LogP contribution >= 0.6 is 0 Å². The highest BCUT2D eigenvalue weighted by atomic mass is 16.5. The van der Waals surface area contributed by atoms with E-state index < -0.39 is 0 Å². The summed E-state index contributed by atoms with van der Waals surface area (Å²) >= 11 is 0. The molecule has 0 fully saturated rings. The van der Waals surface area contributed by atoms with Gasteiger partial charge in [-0.2, -0.15) is 0 Å². The molecule has 0 radical (unpaired) electrons. The number of esters is 1. The summed E-state index contributed by atoms with van der Waals surface area (Å²) in [7, 11) is 1.35. The van der Waals surface area contributed by atoms with E-state index in [4.69, 9.17) is 0 Å². The van der Waals surface area contributed by atoms with Crippen molar-refractivity contribution in [2.24, 2.45) is 0 Å². The Morgan fingerprint density at radius 2 is 2.33 bits per heavy atom. The van der Waals surface area contributed by atoms with Crippen molar-refractivity contribution < 1.29 is 9.53 Å². The van der Waals surface area contributed by atoms with Crippen LogP contribution in [0.3, 0.4) is 0 Å². The molecule has 1 rings (SSSR count). The van der Waals surface area contributed by atoms with Crippen LogP contribution in [0.15, 0.2) is 17.2 Å². The summed E-state index contributed by atoms with van der Waals surface area (Å²) < 4.78 is 5.98. The van der Waals surface area contributed by atoms with Crippen molar-refractivity contribution in [3.8, 4) is 0 Å². The monoisotopic (exact) mass is 210 g/mol. The predicted molar refractivity (Wildman–Crippen MR) is 54.5 cm³/mol. The molecule has 0 N–H and O–H groups in total. The SMILES string of the molecule is COC(=O)CCCn1cnc(C)cc1=O. The van der Waals surface area contributed by atoms with Crippen LogP contribution in [0.25, 0.3) is 0 Å². The van der Waals surface area contributed by atoms with Crippen LogP contribution < -0.4 is 5.56 Å². The fourth-order valence-electron chi connectivity index (χ4n) is 1.18. The van der Waals surface area contributed by atoms with Gasteiger partial charge in [0.05, 0.1) is 13.4 Å².